The highest BCUT2D eigenvalue weighted by atomic mass is 35.5. The number of ether oxygens (including phenoxy) is 1. The average molecular weight is 276 g/mol. The molecule has 5 heteroatoms. The molecule has 0 saturated heterocycles. The lowest BCUT2D eigenvalue weighted by molar-refractivity contribution is -0.146. The zero-order valence-corrected chi connectivity index (χ0v) is 11.7. The topological polar surface area (TPSA) is 55.4 Å². The van der Waals surface area contributed by atoms with E-state index in [9.17, 15) is 9.59 Å². The van der Waals surface area contributed by atoms with Gasteiger partial charge in [0.05, 0.1) is 13.0 Å². The van der Waals surface area contributed by atoms with Crippen molar-refractivity contribution in [3.63, 3.8) is 0 Å². The quantitative estimate of drug-likeness (QED) is 0.597. The van der Waals surface area contributed by atoms with Crippen molar-refractivity contribution in [3.8, 4) is 0 Å². The van der Waals surface area contributed by atoms with Gasteiger partial charge in [0.1, 0.15) is 0 Å². The highest BCUT2D eigenvalue weighted by Gasteiger charge is 2.26. The summed E-state index contributed by atoms with van der Waals surface area (Å²) in [6, 6.07) is 0. The molecule has 4 nitrogen and oxygen atoms in total. The maximum atomic E-state index is 11.4. The molecule has 0 aromatic rings. The van der Waals surface area contributed by atoms with E-state index in [1.807, 2.05) is 0 Å². The molecular weight excluding hydrogens is 254 g/mol. The molecule has 1 saturated carbocycles. The van der Waals surface area contributed by atoms with E-state index < -0.39 is 0 Å². The van der Waals surface area contributed by atoms with Crippen molar-refractivity contribution in [1.82, 2.24) is 5.32 Å². The third kappa shape index (κ3) is 5.25. The van der Waals surface area contributed by atoms with Gasteiger partial charge in [0.2, 0.25) is 5.91 Å². The molecule has 0 aromatic heterocycles. The predicted octanol–water partition coefficient (Wildman–Crippen LogP) is 2.10. The van der Waals surface area contributed by atoms with Gasteiger partial charge in [0.15, 0.2) is 0 Å². The average Bonchev–Trinajstić information content (AvgIpc) is 2.42. The molecule has 0 heterocycles. The molecule has 0 aliphatic heterocycles. The fourth-order valence-electron chi connectivity index (χ4n) is 2.34. The van der Waals surface area contributed by atoms with Crippen LogP contribution in [0.25, 0.3) is 0 Å². The Kier molecular flexibility index (Phi) is 7.09. The lowest BCUT2D eigenvalue weighted by Gasteiger charge is -2.26. The number of carbonyl (C=O) groups is 2. The Morgan fingerprint density at radius 3 is 2.50 bits per heavy atom. The molecule has 104 valence electrons. The van der Waals surface area contributed by atoms with Crippen LogP contribution in [0.15, 0.2) is 0 Å². The van der Waals surface area contributed by atoms with Crippen molar-refractivity contribution >= 4 is 23.5 Å². The third-order valence-corrected chi connectivity index (χ3v) is 3.77. The van der Waals surface area contributed by atoms with Crippen LogP contribution in [0.3, 0.4) is 0 Å². The SMILES string of the molecule is COC(=O)C1CCC(CNC(=O)CCCCl)CC1. The number of nitrogens with one attached hydrogen (secondary N) is 1. The van der Waals surface area contributed by atoms with Crippen molar-refractivity contribution in [2.24, 2.45) is 11.8 Å². The standard InChI is InChI=1S/C13H22ClNO3/c1-18-13(17)11-6-4-10(5-7-11)9-15-12(16)3-2-8-14/h10-11H,2-9H2,1H3,(H,15,16). The third-order valence-electron chi connectivity index (χ3n) is 3.51. The molecule has 0 spiro atoms. The van der Waals surface area contributed by atoms with Gasteiger partial charge in [-0.05, 0) is 38.0 Å². The highest BCUT2D eigenvalue weighted by Crippen LogP contribution is 2.29. The number of amides is 1. The van der Waals surface area contributed by atoms with Crippen LogP contribution in [-0.4, -0.2) is 31.4 Å². The highest BCUT2D eigenvalue weighted by molar-refractivity contribution is 6.17. The van der Waals surface area contributed by atoms with Crippen molar-refractivity contribution in [2.75, 3.05) is 19.5 Å². The molecule has 0 aromatic carbocycles. The number of alkyl halides is 1. The zero-order valence-electron chi connectivity index (χ0n) is 10.9. The maximum Gasteiger partial charge on any atom is 0.308 e. The summed E-state index contributed by atoms with van der Waals surface area (Å²) in [5.41, 5.74) is 0. The van der Waals surface area contributed by atoms with E-state index in [1.54, 1.807) is 0 Å². The Labute approximate surface area is 113 Å². The van der Waals surface area contributed by atoms with Crippen LogP contribution >= 0.6 is 11.6 Å². The molecule has 1 rings (SSSR count). The van der Waals surface area contributed by atoms with E-state index in [4.69, 9.17) is 16.3 Å². The van der Waals surface area contributed by atoms with Gasteiger partial charge in [0, 0.05) is 18.8 Å². The van der Waals surface area contributed by atoms with Crippen LogP contribution in [0, 0.1) is 11.8 Å². The van der Waals surface area contributed by atoms with Gasteiger partial charge < -0.3 is 10.1 Å². The first kappa shape index (κ1) is 15.3. The van der Waals surface area contributed by atoms with E-state index >= 15 is 0 Å². The summed E-state index contributed by atoms with van der Waals surface area (Å²) >= 11 is 5.53. The molecule has 1 aliphatic rings. The van der Waals surface area contributed by atoms with Gasteiger partial charge in [-0.2, -0.15) is 0 Å². The summed E-state index contributed by atoms with van der Waals surface area (Å²) in [6.07, 6.45) is 4.93. The summed E-state index contributed by atoms with van der Waals surface area (Å²) in [5, 5.41) is 2.93. The Balaban J connectivity index is 2.15. The molecule has 0 bridgehead atoms. The number of rotatable bonds is 6. The van der Waals surface area contributed by atoms with Crippen LogP contribution in [-0.2, 0) is 14.3 Å². The summed E-state index contributed by atoms with van der Waals surface area (Å²) in [7, 11) is 1.44. The lowest BCUT2D eigenvalue weighted by atomic mass is 9.82. The molecule has 0 atom stereocenters. The second-order valence-electron chi connectivity index (χ2n) is 4.84. The van der Waals surface area contributed by atoms with Gasteiger partial charge in [-0.3, -0.25) is 9.59 Å². The number of methoxy groups -OCH3 is 1. The van der Waals surface area contributed by atoms with Crippen molar-refractivity contribution in [2.45, 2.75) is 38.5 Å². The molecule has 0 unspecified atom stereocenters. The largest absolute Gasteiger partial charge is 0.469 e. The monoisotopic (exact) mass is 275 g/mol. The van der Waals surface area contributed by atoms with E-state index in [0.29, 0.717) is 18.2 Å². The smallest absolute Gasteiger partial charge is 0.308 e. The van der Waals surface area contributed by atoms with Crippen LogP contribution < -0.4 is 5.32 Å². The summed E-state index contributed by atoms with van der Waals surface area (Å²) in [5.74, 6) is 1.05. The van der Waals surface area contributed by atoms with Crippen molar-refractivity contribution in [1.29, 1.82) is 0 Å². The number of esters is 1. The van der Waals surface area contributed by atoms with Gasteiger partial charge in [-0.25, -0.2) is 0 Å². The Morgan fingerprint density at radius 2 is 1.94 bits per heavy atom. The van der Waals surface area contributed by atoms with Crippen LogP contribution in [0.4, 0.5) is 0 Å². The predicted molar refractivity (Wildman–Crippen MR) is 70.4 cm³/mol. The summed E-state index contributed by atoms with van der Waals surface area (Å²) in [4.78, 5) is 22.8. The fourth-order valence-corrected chi connectivity index (χ4v) is 2.48. The first-order valence-corrected chi connectivity index (χ1v) is 7.11. The Hall–Kier alpha value is -0.770. The molecule has 1 N–H and O–H groups in total. The Morgan fingerprint density at radius 1 is 1.28 bits per heavy atom. The number of hydrogen-bond donors (Lipinski definition) is 1. The van der Waals surface area contributed by atoms with Gasteiger partial charge >= 0.3 is 5.97 Å². The number of halogens is 1. The van der Waals surface area contributed by atoms with E-state index in [1.165, 1.54) is 7.11 Å². The molecule has 1 aliphatic carbocycles. The number of hydrogen-bond acceptors (Lipinski definition) is 3. The fraction of sp³-hybridized carbons (Fsp3) is 0.846. The van der Waals surface area contributed by atoms with E-state index in [2.05, 4.69) is 5.32 Å². The first-order valence-electron chi connectivity index (χ1n) is 6.57. The molecule has 1 fully saturated rings. The van der Waals surface area contributed by atoms with Crippen molar-refractivity contribution in [3.05, 3.63) is 0 Å². The van der Waals surface area contributed by atoms with Crippen LogP contribution in [0.2, 0.25) is 0 Å². The second kappa shape index (κ2) is 8.35. The van der Waals surface area contributed by atoms with Gasteiger partial charge in [-0.15, -0.1) is 11.6 Å². The minimum absolute atomic E-state index is 0.0539. The first-order chi connectivity index (χ1) is 8.67. The molecular formula is C13H22ClNO3. The van der Waals surface area contributed by atoms with Crippen LogP contribution in [0.5, 0.6) is 0 Å². The van der Waals surface area contributed by atoms with E-state index in [-0.39, 0.29) is 17.8 Å². The van der Waals surface area contributed by atoms with Gasteiger partial charge in [-0.1, -0.05) is 0 Å². The summed E-state index contributed by atoms with van der Waals surface area (Å²) < 4.78 is 4.75. The molecule has 18 heavy (non-hydrogen) atoms. The normalized spacial score (nSPS) is 23.4. The Bertz CT molecular complexity index is 275. The van der Waals surface area contributed by atoms with E-state index in [0.717, 1.165) is 38.6 Å². The number of carbonyl (C=O) groups excluding carboxylic acids is 2. The lowest BCUT2D eigenvalue weighted by Crippen LogP contribution is -2.32. The molecule has 0 radical (unpaired) electrons. The second-order valence-corrected chi connectivity index (χ2v) is 5.22. The van der Waals surface area contributed by atoms with Crippen molar-refractivity contribution < 1.29 is 14.3 Å². The molecule has 1 amide bonds. The van der Waals surface area contributed by atoms with Crippen LogP contribution in [0.1, 0.15) is 38.5 Å². The summed E-state index contributed by atoms with van der Waals surface area (Å²) in [6.45, 7) is 0.717. The van der Waals surface area contributed by atoms with Gasteiger partial charge in [0.25, 0.3) is 0 Å². The minimum Gasteiger partial charge on any atom is -0.469 e. The maximum absolute atomic E-state index is 11.4. The zero-order chi connectivity index (χ0) is 13.4. The minimum atomic E-state index is -0.0976.